The van der Waals surface area contributed by atoms with Crippen molar-refractivity contribution in [1.82, 2.24) is 4.90 Å². The smallest absolute Gasteiger partial charge is 0.333 e. The van der Waals surface area contributed by atoms with Crippen LogP contribution >= 0.6 is 0 Å². The molecule has 4 atom stereocenters. The Morgan fingerprint density at radius 2 is 1.74 bits per heavy atom. The quantitative estimate of drug-likeness (QED) is 0.294. The number of aliphatic carboxylic acids is 2. The Balaban J connectivity index is 2.27. The van der Waals surface area contributed by atoms with Crippen molar-refractivity contribution in [2.45, 2.75) is 44.8 Å². The molecule has 2 rings (SSSR count). The van der Waals surface area contributed by atoms with E-state index in [4.69, 9.17) is 24.1 Å². The van der Waals surface area contributed by atoms with Gasteiger partial charge in [0, 0.05) is 44.8 Å². The van der Waals surface area contributed by atoms with E-state index in [1.165, 1.54) is 17.3 Å². The SMILES string of the molecule is CC(=O)O[C@@H]1[C@H](OC(C)=O)[C@@H](COC(=O)/C=C/C(=O)O)O[C@H]1N1C=CCC(C(=O)O)=C1. The zero-order valence-electron chi connectivity index (χ0n) is 16.6. The summed E-state index contributed by atoms with van der Waals surface area (Å²) in [5.41, 5.74) is 0.0467. The molecule has 2 heterocycles. The van der Waals surface area contributed by atoms with Crippen LogP contribution in [0.2, 0.25) is 0 Å². The summed E-state index contributed by atoms with van der Waals surface area (Å²) in [6, 6.07) is 0. The number of ether oxygens (including phenoxy) is 4. The first-order chi connectivity index (χ1) is 14.6. The van der Waals surface area contributed by atoms with E-state index >= 15 is 0 Å². The highest BCUT2D eigenvalue weighted by atomic mass is 16.7. The van der Waals surface area contributed by atoms with Crippen molar-refractivity contribution in [2.75, 3.05) is 6.61 Å². The largest absolute Gasteiger partial charge is 0.478 e. The number of carboxylic acids is 2. The fraction of sp³-hybridized carbons (Fsp3) is 0.421. The molecule has 2 aliphatic rings. The van der Waals surface area contributed by atoms with E-state index < -0.39 is 61.0 Å². The van der Waals surface area contributed by atoms with Crippen LogP contribution < -0.4 is 0 Å². The van der Waals surface area contributed by atoms with Crippen LogP contribution in [0.4, 0.5) is 0 Å². The lowest BCUT2D eigenvalue weighted by atomic mass is 10.1. The third kappa shape index (κ3) is 6.67. The van der Waals surface area contributed by atoms with E-state index in [1.54, 1.807) is 6.08 Å². The number of rotatable bonds is 8. The first-order valence-electron chi connectivity index (χ1n) is 9.04. The fourth-order valence-corrected chi connectivity index (χ4v) is 2.96. The van der Waals surface area contributed by atoms with Crippen molar-refractivity contribution in [2.24, 2.45) is 0 Å². The van der Waals surface area contributed by atoms with Crippen molar-refractivity contribution in [3.05, 3.63) is 36.2 Å². The third-order valence-corrected chi connectivity index (χ3v) is 4.13. The summed E-state index contributed by atoms with van der Waals surface area (Å²) in [5, 5.41) is 17.8. The van der Waals surface area contributed by atoms with Crippen molar-refractivity contribution in [1.29, 1.82) is 0 Å². The number of allylic oxidation sites excluding steroid dienone is 1. The van der Waals surface area contributed by atoms with Gasteiger partial charge in [0.2, 0.25) is 0 Å². The molecule has 0 amide bonds. The van der Waals surface area contributed by atoms with E-state index in [9.17, 15) is 29.1 Å². The van der Waals surface area contributed by atoms with Gasteiger partial charge in [0.25, 0.3) is 0 Å². The van der Waals surface area contributed by atoms with Crippen LogP contribution in [0.15, 0.2) is 36.2 Å². The topological polar surface area (TPSA) is 166 Å². The summed E-state index contributed by atoms with van der Waals surface area (Å²) >= 11 is 0. The molecule has 31 heavy (non-hydrogen) atoms. The average Bonchev–Trinajstić information content (AvgIpc) is 3.01. The number of hydrogen-bond donors (Lipinski definition) is 2. The zero-order valence-corrected chi connectivity index (χ0v) is 16.6. The summed E-state index contributed by atoms with van der Waals surface area (Å²) in [6.45, 7) is 1.80. The van der Waals surface area contributed by atoms with Crippen molar-refractivity contribution >= 4 is 29.8 Å². The van der Waals surface area contributed by atoms with Gasteiger partial charge in [0.15, 0.2) is 18.4 Å². The molecular formula is C19H21NO11. The number of carbonyl (C=O) groups excluding carboxylic acids is 3. The van der Waals surface area contributed by atoms with Gasteiger partial charge in [-0.3, -0.25) is 9.59 Å². The predicted octanol–water partition coefficient (Wildman–Crippen LogP) is -0.0534. The highest BCUT2D eigenvalue weighted by molar-refractivity contribution is 5.90. The lowest BCUT2D eigenvalue weighted by molar-refractivity contribution is -0.166. The van der Waals surface area contributed by atoms with E-state index in [1.807, 2.05) is 0 Å². The Kier molecular flexibility index (Phi) is 7.91. The Labute approximate surface area is 176 Å². The van der Waals surface area contributed by atoms with Gasteiger partial charge >= 0.3 is 29.8 Å². The summed E-state index contributed by atoms with van der Waals surface area (Å²) in [5.74, 6) is -4.90. The number of nitrogens with zero attached hydrogens (tertiary/aromatic N) is 1. The molecule has 0 saturated carbocycles. The Morgan fingerprint density at radius 1 is 1.10 bits per heavy atom. The minimum Gasteiger partial charge on any atom is -0.478 e. The van der Waals surface area contributed by atoms with Crippen LogP contribution in [0, 0.1) is 0 Å². The molecule has 1 fully saturated rings. The first-order valence-corrected chi connectivity index (χ1v) is 9.04. The van der Waals surface area contributed by atoms with E-state index in [-0.39, 0.29) is 12.0 Å². The molecular weight excluding hydrogens is 418 g/mol. The predicted molar refractivity (Wildman–Crippen MR) is 98.8 cm³/mol. The second-order valence-electron chi connectivity index (χ2n) is 6.51. The Hall–Kier alpha value is -3.67. The van der Waals surface area contributed by atoms with E-state index in [0.29, 0.717) is 12.2 Å². The molecule has 0 unspecified atom stereocenters. The third-order valence-electron chi connectivity index (χ3n) is 4.13. The van der Waals surface area contributed by atoms with Gasteiger partial charge in [-0.2, -0.15) is 0 Å². The van der Waals surface area contributed by atoms with Gasteiger partial charge < -0.3 is 34.1 Å². The molecule has 168 valence electrons. The van der Waals surface area contributed by atoms with Crippen LogP contribution in [0.3, 0.4) is 0 Å². The maximum absolute atomic E-state index is 11.7. The highest BCUT2D eigenvalue weighted by Crippen LogP contribution is 2.32. The van der Waals surface area contributed by atoms with Crippen molar-refractivity contribution in [3.8, 4) is 0 Å². The summed E-state index contributed by atoms with van der Waals surface area (Å²) in [6.07, 6.45) is 1.28. The zero-order chi connectivity index (χ0) is 23.1. The molecule has 12 nitrogen and oxygen atoms in total. The maximum Gasteiger partial charge on any atom is 0.333 e. The molecule has 12 heteroatoms. The molecule has 1 saturated heterocycles. The molecule has 2 aliphatic heterocycles. The normalized spacial score (nSPS) is 25.1. The maximum atomic E-state index is 11.7. The van der Waals surface area contributed by atoms with E-state index in [0.717, 1.165) is 13.8 Å². The van der Waals surface area contributed by atoms with Gasteiger partial charge in [-0.05, 0) is 0 Å². The standard InChI is InChI=1S/C19H21NO11/c1-10(21)29-16-13(9-28-15(25)6-5-14(23)24)31-18(17(16)30-11(2)22)20-7-3-4-12(8-20)19(26)27/h3,5-8,13,16-18H,4,9H2,1-2H3,(H,23,24)(H,26,27)/b6-5+/t13-,16-,17-,18-/m1/s1. The number of hydrogen-bond acceptors (Lipinski definition) is 10. The van der Waals surface area contributed by atoms with Crippen molar-refractivity contribution < 1.29 is 53.1 Å². The lowest BCUT2D eigenvalue weighted by Crippen LogP contribution is -2.44. The molecule has 0 aliphatic carbocycles. The summed E-state index contributed by atoms with van der Waals surface area (Å²) < 4.78 is 21.2. The number of esters is 3. The van der Waals surface area contributed by atoms with Crippen LogP contribution in [-0.2, 0) is 42.9 Å². The second kappa shape index (κ2) is 10.4. The van der Waals surface area contributed by atoms with Crippen molar-refractivity contribution in [3.63, 3.8) is 0 Å². The molecule has 0 spiro atoms. The first kappa shape index (κ1) is 23.6. The molecule has 0 aromatic heterocycles. The molecule has 0 radical (unpaired) electrons. The molecule has 0 aromatic rings. The summed E-state index contributed by atoms with van der Waals surface area (Å²) in [4.78, 5) is 58.1. The van der Waals surface area contributed by atoms with Gasteiger partial charge in [-0.25, -0.2) is 14.4 Å². The lowest BCUT2D eigenvalue weighted by Gasteiger charge is -2.30. The highest BCUT2D eigenvalue weighted by Gasteiger charge is 2.51. The molecule has 2 N–H and O–H groups in total. The van der Waals surface area contributed by atoms with Gasteiger partial charge in [-0.15, -0.1) is 0 Å². The van der Waals surface area contributed by atoms with Crippen LogP contribution in [0.1, 0.15) is 20.3 Å². The minimum absolute atomic E-state index is 0.0467. The van der Waals surface area contributed by atoms with Gasteiger partial charge in [-0.1, -0.05) is 6.08 Å². The number of carbonyl (C=O) groups is 5. The van der Waals surface area contributed by atoms with Crippen LogP contribution in [0.5, 0.6) is 0 Å². The van der Waals surface area contributed by atoms with Crippen LogP contribution in [0.25, 0.3) is 0 Å². The van der Waals surface area contributed by atoms with Gasteiger partial charge in [0.1, 0.15) is 12.7 Å². The number of carboxylic acid groups (broad SMARTS) is 2. The van der Waals surface area contributed by atoms with E-state index in [2.05, 4.69) is 0 Å². The second-order valence-corrected chi connectivity index (χ2v) is 6.51. The van der Waals surface area contributed by atoms with Gasteiger partial charge in [0.05, 0.1) is 5.57 Å². The fourth-order valence-electron chi connectivity index (χ4n) is 2.96. The molecule has 0 bridgehead atoms. The average molecular weight is 439 g/mol. The summed E-state index contributed by atoms with van der Waals surface area (Å²) in [7, 11) is 0. The Bertz CT molecular complexity index is 844. The monoisotopic (exact) mass is 439 g/mol. The van der Waals surface area contributed by atoms with Crippen LogP contribution in [-0.4, -0.2) is 76.1 Å². The minimum atomic E-state index is -1.35. The molecule has 0 aromatic carbocycles. The Morgan fingerprint density at radius 3 is 2.32 bits per heavy atom.